The first-order valence-electron chi connectivity index (χ1n) is 7.59. The topological polar surface area (TPSA) is 89.1 Å². The van der Waals surface area contributed by atoms with Gasteiger partial charge in [-0.3, -0.25) is 4.79 Å². The van der Waals surface area contributed by atoms with E-state index < -0.39 is 0 Å². The van der Waals surface area contributed by atoms with Crippen molar-refractivity contribution in [1.82, 2.24) is 20.7 Å². The van der Waals surface area contributed by atoms with E-state index in [1.54, 1.807) is 6.92 Å². The van der Waals surface area contributed by atoms with Gasteiger partial charge >= 0.3 is 0 Å². The largest absolute Gasteiger partial charge is 0.381 e. The van der Waals surface area contributed by atoms with E-state index >= 15 is 0 Å². The molecule has 2 N–H and O–H groups in total. The van der Waals surface area contributed by atoms with Gasteiger partial charge in [0, 0.05) is 31.8 Å². The smallest absolute Gasteiger partial charge is 0.273 e. The Morgan fingerprint density at radius 3 is 2.67 bits per heavy atom. The van der Waals surface area contributed by atoms with Crippen molar-refractivity contribution in [3.8, 4) is 0 Å². The van der Waals surface area contributed by atoms with Gasteiger partial charge in [-0.2, -0.15) is 15.4 Å². The quantitative estimate of drug-likeness (QED) is 0.855. The van der Waals surface area contributed by atoms with Crippen molar-refractivity contribution in [1.29, 1.82) is 0 Å². The second kappa shape index (κ2) is 6.53. The molecule has 0 aromatic carbocycles. The van der Waals surface area contributed by atoms with Crippen molar-refractivity contribution in [2.24, 2.45) is 11.8 Å². The fourth-order valence-electron chi connectivity index (χ4n) is 3.28. The first-order valence-corrected chi connectivity index (χ1v) is 7.59. The third-order valence-electron chi connectivity index (χ3n) is 4.53. The lowest BCUT2D eigenvalue weighted by Crippen LogP contribution is -2.49. The average Bonchev–Trinajstić information content (AvgIpc) is 2.95. The maximum Gasteiger partial charge on any atom is 0.273 e. The summed E-state index contributed by atoms with van der Waals surface area (Å²) in [5.74, 6) is 0.770. The summed E-state index contributed by atoms with van der Waals surface area (Å²) in [7, 11) is 0. The summed E-state index contributed by atoms with van der Waals surface area (Å²) in [6.07, 6.45) is 2.94. The molecule has 0 aliphatic carbocycles. The zero-order chi connectivity index (χ0) is 14.7. The number of hydrogen-bond donors (Lipinski definition) is 2. The minimum Gasteiger partial charge on any atom is -0.381 e. The number of aromatic nitrogens is 3. The number of nitrogens with one attached hydrogen (secondary N) is 2. The Balaban J connectivity index is 1.66. The first kappa shape index (κ1) is 14.5. The Morgan fingerprint density at radius 1 is 1.19 bits per heavy atom. The van der Waals surface area contributed by atoms with Gasteiger partial charge in [0.2, 0.25) is 0 Å². The Bertz CT molecular complexity index is 484. The van der Waals surface area contributed by atoms with Crippen molar-refractivity contribution in [2.75, 3.05) is 26.4 Å². The lowest BCUT2D eigenvalue weighted by molar-refractivity contribution is -0.0259. The molecule has 1 aromatic rings. The highest BCUT2D eigenvalue weighted by Gasteiger charge is 2.34. The van der Waals surface area contributed by atoms with E-state index in [4.69, 9.17) is 9.47 Å². The van der Waals surface area contributed by atoms with Crippen LogP contribution in [0.4, 0.5) is 0 Å². The van der Waals surface area contributed by atoms with Crippen LogP contribution < -0.4 is 5.32 Å². The van der Waals surface area contributed by atoms with Crippen LogP contribution in [0.1, 0.15) is 35.4 Å². The fraction of sp³-hybridized carbons (Fsp3) is 0.786. The van der Waals surface area contributed by atoms with Crippen LogP contribution in [-0.4, -0.2) is 53.8 Å². The van der Waals surface area contributed by atoms with Crippen molar-refractivity contribution in [3.05, 3.63) is 11.4 Å². The normalized spacial score (nSPS) is 27.5. The molecule has 2 saturated heterocycles. The average molecular weight is 294 g/mol. The van der Waals surface area contributed by atoms with E-state index in [0.717, 1.165) is 32.5 Å². The summed E-state index contributed by atoms with van der Waals surface area (Å²) in [6.45, 7) is 4.81. The van der Waals surface area contributed by atoms with E-state index in [2.05, 4.69) is 20.7 Å². The van der Waals surface area contributed by atoms with E-state index in [9.17, 15) is 4.79 Å². The molecule has 2 fully saturated rings. The fourth-order valence-corrected chi connectivity index (χ4v) is 3.28. The highest BCUT2D eigenvalue weighted by molar-refractivity contribution is 5.93. The molecule has 3 rings (SSSR count). The van der Waals surface area contributed by atoms with Crippen LogP contribution in [0.5, 0.6) is 0 Å². The van der Waals surface area contributed by atoms with Crippen molar-refractivity contribution < 1.29 is 14.3 Å². The number of ether oxygens (including phenoxy) is 2. The van der Waals surface area contributed by atoms with Gasteiger partial charge in [-0.05, 0) is 32.1 Å². The van der Waals surface area contributed by atoms with E-state index in [1.807, 2.05) is 0 Å². The van der Waals surface area contributed by atoms with Gasteiger partial charge in [0.05, 0.1) is 12.3 Å². The molecule has 1 amide bonds. The van der Waals surface area contributed by atoms with Gasteiger partial charge in [0.15, 0.2) is 5.69 Å². The first-order chi connectivity index (χ1) is 10.3. The Labute approximate surface area is 123 Å². The number of H-pyrrole nitrogens is 1. The highest BCUT2D eigenvalue weighted by atomic mass is 16.5. The number of amides is 1. The number of rotatable bonds is 3. The van der Waals surface area contributed by atoms with Crippen LogP contribution in [0, 0.1) is 18.8 Å². The minimum absolute atomic E-state index is 0.144. The predicted molar refractivity (Wildman–Crippen MR) is 74.8 cm³/mol. The summed E-state index contributed by atoms with van der Waals surface area (Å²) in [6, 6.07) is 0.144. The lowest BCUT2D eigenvalue weighted by Gasteiger charge is -2.38. The van der Waals surface area contributed by atoms with Crippen LogP contribution >= 0.6 is 0 Å². The number of carbonyl (C=O) groups excluding carboxylic acids is 1. The number of nitrogens with zero attached hydrogens (tertiary/aromatic N) is 2. The minimum atomic E-state index is -0.148. The summed E-state index contributed by atoms with van der Waals surface area (Å²) < 4.78 is 11.1. The van der Waals surface area contributed by atoms with Gasteiger partial charge in [0.1, 0.15) is 0 Å². The molecule has 7 nitrogen and oxygen atoms in total. The van der Waals surface area contributed by atoms with Crippen LogP contribution in [0.15, 0.2) is 0 Å². The maximum absolute atomic E-state index is 12.3. The van der Waals surface area contributed by atoms with Crippen LogP contribution in [0.25, 0.3) is 0 Å². The van der Waals surface area contributed by atoms with Crippen molar-refractivity contribution >= 4 is 5.91 Å². The van der Waals surface area contributed by atoms with Crippen molar-refractivity contribution in [2.45, 2.75) is 32.2 Å². The summed E-state index contributed by atoms with van der Waals surface area (Å²) in [5, 5.41) is 13.4. The van der Waals surface area contributed by atoms with E-state index in [0.29, 0.717) is 36.4 Å². The third-order valence-corrected chi connectivity index (χ3v) is 4.53. The molecule has 3 heterocycles. The molecule has 2 aliphatic rings. The second-order valence-corrected chi connectivity index (χ2v) is 5.81. The van der Waals surface area contributed by atoms with Crippen LogP contribution in [-0.2, 0) is 9.47 Å². The number of hydrogen-bond acceptors (Lipinski definition) is 5. The summed E-state index contributed by atoms with van der Waals surface area (Å²) >= 11 is 0. The van der Waals surface area contributed by atoms with E-state index in [-0.39, 0.29) is 11.9 Å². The molecular formula is C14H22N4O3. The van der Waals surface area contributed by atoms with Crippen LogP contribution in [0.3, 0.4) is 0 Å². The Morgan fingerprint density at radius 2 is 1.95 bits per heavy atom. The molecule has 1 aromatic heterocycles. The van der Waals surface area contributed by atoms with Gasteiger partial charge in [-0.25, -0.2) is 0 Å². The third kappa shape index (κ3) is 3.24. The summed E-state index contributed by atoms with van der Waals surface area (Å²) in [5.41, 5.74) is 1.01. The number of carbonyl (C=O) groups is 1. The van der Waals surface area contributed by atoms with Crippen LogP contribution in [0.2, 0.25) is 0 Å². The molecule has 7 heteroatoms. The molecule has 2 atom stereocenters. The molecule has 0 saturated carbocycles. The zero-order valence-corrected chi connectivity index (χ0v) is 12.3. The van der Waals surface area contributed by atoms with Gasteiger partial charge < -0.3 is 14.8 Å². The maximum atomic E-state index is 12.3. The molecule has 21 heavy (non-hydrogen) atoms. The lowest BCUT2D eigenvalue weighted by atomic mass is 9.79. The Kier molecular flexibility index (Phi) is 4.50. The standard InChI is InChI=1S/C14H22N4O3/c1-9-13(17-18-16-9)14(19)15-12-4-7-21-8-11(12)10-2-5-20-6-3-10/h10-12H,2-8H2,1H3,(H,15,19)(H,16,17,18)/t11-,12-/m1/s1. The molecule has 0 spiro atoms. The highest BCUT2D eigenvalue weighted by Crippen LogP contribution is 2.30. The molecule has 0 radical (unpaired) electrons. The zero-order valence-electron chi connectivity index (χ0n) is 12.3. The van der Waals surface area contributed by atoms with Gasteiger partial charge in [-0.15, -0.1) is 0 Å². The molecule has 116 valence electrons. The molecular weight excluding hydrogens is 272 g/mol. The Hall–Kier alpha value is -1.47. The van der Waals surface area contributed by atoms with Gasteiger partial charge in [-0.1, -0.05) is 0 Å². The monoisotopic (exact) mass is 294 g/mol. The molecule has 0 unspecified atom stereocenters. The number of aryl methyl sites for hydroxylation is 1. The molecule has 2 aliphatic heterocycles. The molecule has 0 bridgehead atoms. The summed E-state index contributed by atoms with van der Waals surface area (Å²) in [4.78, 5) is 12.3. The SMILES string of the molecule is Cc1n[nH]nc1C(=O)N[C@@H]1CCOC[C@@H]1C1CCOCC1. The van der Waals surface area contributed by atoms with E-state index in [1.165, 1.54) is 0 Å². The predicted octanol–water partition coefficient (Wildman–Crippen LogP) is 0.675. The number of aromatic amines is 1. The second-order valence-electron chi connectivity index (χ2n) is 5.81. The van der Waals surface area contributed by atoms with Gasteiger partial charge in [0.25, 0.3) is 5.91 Å². The van der Waals surface area contributed by atoms with Crippen molar-refractivity contribution in [3.63, 3.8) is 0 Å².